The van der Waals surface area contributed by atoms with Gasteiger partial charge in [0.25, 0.3) is 5.69 Å². The van der Waals surface area contributed by atoms with Gasteiger partial charge < -0.3 is 4.74 Å². The number of hydrogen-bond acceptors (Lipinski definition) is 5. The van der Waals surface area contributed by atoms with E-state index < -0.39 is 10.5 Å². The molecule has 0 heterocycles. The molecule has 1 aliphatic rings. The van der Waals surface area contributed by atoms with Gasteiger partial charge in [-0.1, -0.05) is 30.3 Å². The van der Waals surface area contributed by atoms with Gasteiger partial charge in [0.05, 0.1) is 17.1 Å². The fourth-order valence-electron chi connectivity index (χ4n) is 2.86. The van der Waals surface area contributed by atoms with Gasteiger partial charge in [0.15, 0.2) is 0 Å². The first-order chi connectivity index (χ1) is 12.1. The molecular weight excluding hydrogens is 322 g/mol. The highest BCUT2D eigenvalue weighted by Crippen LogP contribution is 2.54. The maximum absolute atomic E-state index is 12.3. The number of nitrogens with one attached hydrogen (secondary N) is 1. The molecule has 2 aromatic carbocycles. The molecule has 1 aliphatic carbocycles. The van der Waals surface area contributed by atoms with Crippen LogP contribution in [-0.2, 0) is 15.1 Å². The molecule has 1 saturated carbocycles. The number of methoxy groups -OCH3 is 1. The van der Waals surface area contributed by atoms with Gasteiger partial charge in [0, 0.05) is 19.2 Å². The molecule has 0 radical (unpaired) electrons. The van der Waals surface area contributed by atoms with E-state index >= 15 is 0 Å². The highest BCUT2D eigenvalue weighted by Gasteiger charge is 2.60. The average molecular weight is 339 g/mol. The van der Waals surface area contributed by atoms with E-state index in [1.165, 1.54) is 18.3 Å². The SMILES string of the molecule is CO[C@]1(c2ccccc2)C[C@H]1C(=O)N/N=C\c1ccc([N+](=O)[O-])cc1. The van der Waals surface area contributed by atoms with Crippen LogP contribution in [0.2, 0.25) is 0 Å². The number of benzene rings is 2. The number of carbonyl (C=O) groups is 1. The predicted octanol–water partition coefficient (Wildman–Crippen LogP) is 2.61. The predicted molar refractivity (Wildman–Crippen MR) is 92.1 cm³/mol. The summed E-state index contributed by atoms with van der Waals surface area (Å²) in [5.74, 6) is -0.516. The molecule has 2 atom stereocenters. The lowest BCUT2D eigenvalue weighted by molar-refractivity contribution is -0.384. The van der Waals surface area contributed by atoms with E-state index in [1.807, 2.05) is 30.3 Å². The molecule has 25 heavy (non-hydrogen) atoms. The number of rotatable bonds is 6. The number of non-ortho nitro benzene ring substituents is 1. The summed E-state index contributed by atoms with van der Waals surface area (Å²) in [5, 5.41) is 14.5. The number of nitro benzene ring substituents is 1. The summed E-state index contributed by atoms with van der Waals surface area (Å²) in [6.45, 7) is 0. The van der Waals surface area contributed by atoms with Gasteiger partial charge in [-0.3, -0.25) is 14.9 Å². The third-order valence-corrected chi connectivity index (χ3v) is 4.35. The molecule has 0 spiro atoms. The Balaban J connectivity index is 1.61. The van der Waals surface area contributed by atoms with Crippen molar-refractivity contribution in [3.05, 3.63) is 75.8 Å². The Morgan fingerprint density at radius 2 is 1.96 bits per heavy atom. The zero-order chi connectivity index (χ0) is 17.9. The second-order valence-corrected chi connectivity index (χ2v) is 5.80. The zero-order valence-electron chi connectivity index (χ0n) is 13.6. The van der Waals surface area contributed by atoms with Crippen molar-refractivity contribution >= 4 is 17.8 Å². The monoisotopic (exact) mass is 339 g/mol. The van der Waals surface area contributed by atoms with Crippen LogP contribution in [0.3, 0.4) is 0 Å². The molecule has 0 aromatic heterocycles. The van der Waals surface area contributed by atoms with Crippen LogP contribution in [0.25, 0.3) is 0 Å². The average Bonchev–Trinajstić information content (AvgIpc) is 3.39. The lowest BCUT2D eigenvalue weighted by atomic mass is 10.1. The summed E-state index contributed by atoms with van der Waals surface area (Å²) >= 11 is 0. The van der Waals surface area contributed by atoms with Crippen molar-refractivity contribution in [3.63, 3.8) is 0 Å². The van der Waals surface area contributed by atoms with Crippen LogP contribution in [0.1, 0.15) is 17.5 Å². The van der Waals surface area contributed by atoms with Crippen molar-refractivity contribution in [3.8, 4) is 0 Å². The zero-order valence-corrected chi connectivity index (χ0v) is 13.6. The molecule has 1 amide bonds. The van der Waals surface area contributed by atoms with Crippen LogP contribution in [0.4, 0.5) is 5.69 Å². The number of carbonyl (C=O) groups excluding carboxylic acids is 1. The molecule has 1 N–H and O–H groups in total. The first-order valence-electron chi connectivity index (χ1n) is 7.75. The molecule has 2 aromatic rings. The maximum Gasteiger partial charge on any atom is 0.269 e. The number of amides is 1. The van der Waals surface area contributed by atoms with Gasteiger partial charge in [0.1, 0.15) is 5.60 Å². The summed E-state index contributed by atoms with van der Waals surface area (Å²) in [7, 11) is 1.60. The van der Waals surface area contributed by atoms with Gasteiger partial charge in [0.2, 0.25) is 5.91 Å². The third kappa shape index (κ3) is 3.41. The maximum atomic E-state index is 12.3. The van der Waals surface area contributed by atoms with Gasteiger partial charge in [-0.2, -0.15) is 5.10 Å². The summed E-state index contributed by atoms with van der Waals surface area (Å²) in [5.41, 5.74) is 3.55. The molecular formula is C18H17N3O4. The highest BCUT2D eigenvalue weighted by molar-refractivity contribution is 5.86. The van der Waals surface area contributed by atoms with E-state index in [4.69, 9.17) is 4.74 Å². The smallest absolute Gasteiger partial charge is 0.269 e. The summed E-state index contributed by atoms with van der Waals surface area (Å²) in [6, 6.07) is 15.5. The van der Waals surface area contributed by atoms with Gasteiger partial charge in [-0.15, -0.1) is 0 Å². The van der Waals surface area contributed by atoms with Crippen molar-refractivity contribution in [2.45, 2.75) is 12.0 Å². The topological polar surface area (TPSA) is 93.8 Å². The fraction of sp³-hybridized carbons (Fsp3) is 0.222. The van der Waals surface area contributed by atoms with Gasteiger partial charge in [-0.05, 0) is 29.7 Å². The number of hydrazone groups is 1. The standard InChI is InChI=1S/C18H17N3O4/c1-25-18(14-5-3-2-4-6-14)11-16(18)17(22)20-19-12-13-7-9-15(10-8-13)21(23)24/h2-10,12,16H,11H2,1H3,(H,20,22)/b19-12-/t16-,18-/m0/s1. The minimum absolute atomic E-state index is 0.00639. The third-order valence-electron chi connectivity index (χ3n) is 4.35. The van der Waals surface area contributed by atoms with E-state index in [2.05, 4.69) is 10.5 Å². The van der Waals surface area contributed by atoms with Gasteiger partial charge in [-0.25, -0.2) is 5.43 Å². The number of ether oxygens (including phenoxy) is 1. The summed E-state index contributed by atoms with van der Waals surface area (Å²) in [6.07, 6.45) is 2.05. The quantitative estimate of drug-likeness (QED) is 0.497. The normalized spacial score (nSPS) is 21.9. The molecule has 0 saturated heterocycles. The second-order valence-electron chi connectivity index (χ2n) is 5.80. The number of hydrogen-bond donors (Lipinski definition) is 1. The Morgan fingerprint density at radius 3 is 2.56 bits per heavy atom. The van der Waals surface area contributed by atoms with Gasteiger partial charge >= 0.3 is 0 Å². The van der Waals surface area contributed by atoms with Crippen LogP contribution in [0, 0.1) is 16.0 Å². The number of nitro groups is 1. The summed E-state index contributed by atoms with van der Waals surface area (Å²) in [4.78, 5) is 22.4. The van der Waals surface area contributed by atoms with E-state index in [1.54, 1.807) is 19.2 Å². The summed E-state index contributed by atoms with van der Waals surface area (Å²) < 4.78 is 5.59. The van der Waals surface area contributed by atoms with Crippen LogP contribution in [0.15, 0.2) is 59.7 Å². The Morgan fingerprint density at radius 1 is 1.28 bits per heavy atom. The molecule has 7 nitrogen and oxygen atoms in total. The van der Waals surface area contributed by atoms with Crippen molar-refractivity contribution < 1.29 is 14.5 Å². The van der Waals surface area contributed by atoms with E-state index in [9.17, 15) is 14.9 Å². The van der Waals surface area contributed by atoms with Crippen LogP contribution < -0.4 is 5.43 Å². The Hall–Kier alpha value is -3.06. The van der Waals surface area contributed by atoms with E-state index in [0.717, 1.165) is 5.56 Å². The van der Waals surface area contributed by atoms with E-state index in [0.29, 0.717) is 12.0 Å². The minimum Gasteiger partial charge on any atom is -0.373 e. The van der Waals surface area contributed by atoms with Crippen molar-refractivity contribution in [1.29, 1.82) is 0 Å². The van der Waals surface area contributed by atoms with Crippen molar-refractivity contribution in [2.24, 2.45) is 11.0 Å². The minimum atomic E-state index is -0.589. The largest absolute Gasteiger partial charge is 0.373 e. The van der Waals surface area contributed by atoms with Crippen molar-refractivity contribution in [1.82, 2.24) is 5.43 Å². The van der Waals surface area contributed by atoms with Crippen molar-refractivity contribution in [2.75, 3.05) is 7.11 Å². The molecule has 3 rings (SSSR count). The van der Waals surface area contributed by atoms with Crippen LogP contribution in [-0.4, -0.2) is 24.2 Å². The first-order valence-corrected chi connectivity index (χ1v) is 7.75. The lowest BCUT2D eigenvalue weighted by Gasteiger charge is -2.15. The Labute approximate surface area is 144 Å². The van der Waals surface area contributed by atoms with E-state index in [-0.39, 0.29) is 17.5 Å². The molecule has 0 aliphatic heterocycles. The molecule has 7 heteroatoms. The molecule has 1 fully saturated rings. The Bertz CT molecular complexity index is 805. The molecule has 128 valence electrons. The second kappa shape index (κ2) is 6.82. The van der Waals surface area contributed by atoms with Crippen LogP contribution >= 0.6 is 0 Å². The molecule has 0 unspecified atom stereocenters. The fourth-order valence-corrected chi connectivity index (χ4v) is 2.86. The van der Waals surface area contributed by atoms with Crippen LogP contribution in [0.5, 0.6) is 0 Å². The molecule has 0 bridgehead atoms. The lowest BCUT2D eigenvalue weighted by Crippen LogP contribution is -2.25. The number of nitrogens with zero attached hydrogens (tertiary/aromatic N) is 2. The highest BCUT2D eigenvalue weighted by atomic mass is 16.6. The Kier molecular flexibility index (Phi) is 4.58. The first kappa shape index (κ1) is 16.8.